The first-order chi connectivity index (χ1) is 8.16. The SMILES string of the molecule is O=C(NCc1ccccc1F)C(F)(F)C(F)(F)F. The molecule has 1 rings (SSSR count). The molecule has 0 atom stereocenters. The molecule has 0 spiro atoms. The van der Waals surface area contributed by atoms with Gasteiger partial charge in [-0.1, -0.05) is 18.2 Å². The molecule has 1 amide bonds. The van der Waals surface area contributed by atoms with E-state index in [4.69, 9.17) is 0 Å². The Balaban J connectivity index is 2.71. The van der Waals surface area contributed by atoms with Crippen LogP contribution in [0.5, 0.6) is 0 Å². The van der Waals surface area contributed by atoms with Crippen LogP contribution < -0.4 is 5.32 Å². The topological polar surface area (TPSA) is 29.1 Å². The maximum absolute atomic E-state index is 13.0. The van der Waals surface area contributed by atoms with E-state index in [0.29, 0.717) is 0 Å². The van der Waals surface area contributed by atoms with Gasteiger partial charge in [-0.2, -0.15) is 22.0 Å². The van der Waals surface area contributed by atoms with Crippen molar-refractivity contribution in [3.63, 3.8) is 0 Å². The number of hydrogen-bond acceptors (Lipinski definition) is 1. The summed E-state index contributed by atoms with van der Waals surface area (Å²) in [6.45, 7) is -0.753. The van der Waals surface area contributed by atoms with E-state index in [2.05, 4.69) is 0 Å². The van der Waals surface area contributed by atoms with Crippen LogP contribution in [0.2, 0.25) is 0 Å². The molecule has 0 aliphatic heterocycles. The second-order valence-electron chi connectivity index (χ2n) is 3.35. The monoisotopic (exact) mass is 271 g/mol. The maximum atomic E-state index is 13.0. The van der Waals surface area contributed by atoms with Crippen molar-refractivity contribution >= 4 is 5.91 Å². The molecule has 0 bridgehead atoms. The Labute approximate surface area is 97.6 Å². The van der Waals surface area contributed by atoms with Gasteiger partial charge in [0.25, 0.3) is 0 Å². The zero-order valence-corrected chi connectivity index (χ0v) is 8.69. The molecule has 0 aliphatic rings. The fraction of sp³-hybridized carbons (Fsp3) is 0.300. The van der Waals surface area contributed by atoms with Crippen LogP contribution in [0.25, 0.3) is 0 Å². The van der Waals surface area contributed by atoms with Crippen molar-refractivity contribution in [1.82, 2.24) is 5.32 Å². The summed E-state index contributed by atoms with van der Waals surface area (Å²) >= 11 is 0. The van der Waals surface area contributed by atoms with Crippen LogP contribution in [0.4, 0.5) is 26.3 Å². The molecule has 0 radical (unpaired) electrons. The predicted octanol–water partition coefficient (Wildman–Crippen LogP) is 2.64. The summed E-state index contributed by atoms with van der Waals surface area (Å²) in [4.78, 5) is 10.7. The molecule has 0 saturated carbocycles. The zero-order chi connectivity index (χ0) is 14.0. The van der Waals surface area contributed by atoms with Gasteiger partial charge in [0.15, 0.2) is 0 Å². The molecule has 0 unspecified atom stereocenters. The van der Waals surface area contributed by atoms with Gasteiger partial charge in [-0.15, -0.1) is 0 Å². The van der Waals surface area contributed by atoms with Crippen molar-refractivity contribution in [2.24, 2.45) is 0 Å². The Bertz CT molecular complexity index is 442. The standard InChI is InChI=1S/C10H7F6NO/c11-7-4-2-1-3-6(7)5-17-8(18)9(12,13)10(14,15)16/h1-4H,5H2,(H,17,18). The Hall–Kier alpha value is -1.73. The number of hydrogen-bond donors (Lipinski definition) is 1. The number of carbonyl (C=O) groups excluding carboxylic acids is 1. The third-order valence-electron chi connectivity index (χ3n) is 2.04. The van der Waals surface area contributed by atoms with Crippen LogP contribution in [-0.2, 0) is 11.3 Å². The fourth-order valence-corrected chi connectivity index (χ4v) is 1.06. The molecule has 100 valence electrons. The molecule has 0 saturated heterocycles. The van der Waals surface area contributed by atoms with E-state index in [9.17, 15) is 31.1 Å². The lowest BCUT2D eigenvalue weighted by Crippen LogP contribution is -2.50. The summed E-state index contributed by atoms with van der Waals surface area (Å²) in [7, 11) is 0. The average Bonchev–Trinajstić information content (AvgIpc) is 2.26. The van der Waals surface area contributed by atoms with Gasteiger partial charge < -0.3 is 5.32 Å². The first-order valence-corrected chi connectivity index (χ1v) is 4.62. The molecule has 0 aromatic heterocycles. The quantitative estimate of drug-likeness (QED) is 0.841. The van der Waals surface area contributed by atoms with Gasteiger partial charge in [-0.05, 0) is 6.07 Å². The fourth-order valence-electron chi connectivity index (χ4n) is 1.06. The number of alkyl halides is 5. The summed E-state index contributed by atoms with van der Waals surface area (Å²) in [5.41, 5.74) is -0.191. The van der Waals surface area contributed by atoms with E-state index in [1.165, 1.54) is 17.4 Å². The molecule has 8 heteroatoms. The third-order valence-corrected chi connectivity index (χ3v) is 2.04. The highest BCUT2D eigenvalue weighted by Gasteiger charge is 2.63. The van der Waals surface area contributed by atoms with Crippen molar-refractivity contribution in [1.29, 1.82) is 0 Å². The van der Waals surface area contributed by atoms with Gasteiger partial charge in [0.2, 0.25) is 0 Å². The summed E-state index contributed by atoms with van der Waals surface area (Å²) in [6.07, 6.45) is -5.98. The summed E-state index contributed by atoms with van der Waals surface area (Å²) in [5, 5.41) is 1.34. The molecule has 1 N–H and O–H groups in total. The van der Waals surface area contributed by atoms with E-state index in [-0.39, 0.29) is 5.56 Å². The molecule has 1 aromatic rings. The molecule has 0 aliphatic carbocycles. The lowest BCUT2D eigenvalue weighted by Gasteiger charge is -2.18. The number of rotatable bonds is 3. The molecule has 1 aromatic carbocycles. The summed E-state index contributed by atoms with van der Waals surface area (Å²) in [5.74, 6) is -8.83. The minimum atomic E-state index is -5.98. The Kier molecular flexibility index (Phi) is 3.88. The highest BCUT2D eigenvalue weighted by Crippen LogP contribution is 2.35. The second kappa shape index (κ2) is 4.87. The minimum Gasteiger partial charge on any atom is -0.346 e. The van der Waals surface area contributed by atoms with Crippen LogP contribution in [0.15, 0.2) is 24.3 Å². The number of benzene rings is 1. The normalized spacial score (nSPS) is 12.3. The Morgan fingerprint density at radius 1 is 1.11 bits per heavy atom. The highest BCUT2D eigenvalue weighted by molar-refractivity contribution is 5.84. The van der Waals surface area contributed by atoms with Gasteiger partial charge in [0.05, 0.1) is 0 Å². The zero-order valence-electron chi connectivity index (χ0n) is 8.69. The minimum absolute atomic E-state index is 0.191. The van der Waals surface area contributed by atoms with E-state index < -0.39 is 30.4 Å². The summed E-state index contributed by atoms with van der Waals surface area (Å²) < 4.78 is 73.4. The first kappa shape index (κ1) is 14.3. The number of nitrogens with one attached hydrogen (secondary N) is 1. The molecule has 2 nitrogen and oxygen atoms in total. The van der Waals surface area contributed by atoms with Gasteiger partial charge in [-0.25, -0.2) is 4.39 Å². The predicted molar refractivity (Wildman–Crippen MR) is 49.2 cm³/mol. The average molecular weight is 271 g/mol. The molecule has 18 heavy (non-hydrogen) atoms. The number of amides is 1. The van der Waals surface area contributed by atoms with Crippen molar-refractivity contribution in [3.8, 4) is 0 Å². The van der Waals surface area contributed by atoms with Gasteiger partial charge in [0, 0.05) is 12.1 Å². The largest absolute Gasteiger partial charge is 0.463 e. The van der Waals surface area contributed by atoms with Crippen LogP contribution in [0.1, 0.15) is 5.56 Å². The van der Waals surface area contributed by atoms with Gasteiger partial charge >= 0.3 is 18.0 Å². The van der Waals surface area contributed by atoms with Crippen LogP contribution in [0, 0.1) is 5.82 Å². The first-order valence-electron chi connectivity index (χ1n) is 4.62. The van der Waals surface area contributed by atoms with Gasteiger partial charge in [0.1, 0.15) is 5.82 Å². The van der Waals surface area contributed by atoms with E-state index in [1.54, 1.807) is 0 Å². The lowest BCUT2D eigenvalue weighted by atomic mass is 10.2. The molecular weight excluding hydrogens is 264 g/mol. The molecule has 0 fully saturated rings. The lowest BCUT2D eigenvalue weighted by molar-refractivity contribution is -0.269. The van der Waals surface area contributed by atoms with Crippen molar-refractivity contribution in [3.05, 3.63) is 35.6 Å². The highest BCUT2D eigenvalue weighted by atomic mass is 19.4. The van der Waals surface area contributed by atoms with Crippen molar-refractivity contribution < 1.29 is 31.1 Å². The Morgan fingerprint density at radius 2 is 1.67 bits per heavy atom. The van der Waals surface area contributed by atoms with E-state index >= 15 is 0 Å². The van der Waals surface area contributed by atoms with Gasteiger partial charge in [-0.3, -0.25) is 4.79 Å². The maximum Gasteiger partial charge on any atom is 0.463 e. The number of carbonyl (C=O) groups is 1. The van der Waals surface area contributed by atoms with E-state index in [0.717, 1.165) is 12.1 Å². The molecular formula is C10H7F6NO. The van der Waals surface area contributed by atoms with Crippen LogP contribution >= 0.6 is 0 Å². The van der Waals surface area contributed by atoms with Crippen molar-refractivity contribution in [2.45, 2.75) is 18.6 Å². The van der Waals surface area contributed by atoms with E-state index in [1.807, 2.05) is 0 Å². The Morgan fingerprint density at radius 3 is 2.17 bits per heavy atom. The molecule has 0 heterocycles. The second-order valence-corrected chi connectivity index (χ2v) is 3.35. The van der Waals surface area contributed by atoms with Crippen LogP contribution in [0.3, 0.4) is 0 Å². The van der Waals surface area contributed by atoms with Crippen LogP contribution in [-0.4, -0.2) is 18.0 Å². The van der Waals surface area contributed by atoms with Crippen molar-refractivity contribution in [2.75, 3.05) is 0 Å². The summed E-state index contributed by atoms with van der Waals surface area (Å²) in [6, 6.07) is 4.81. The third kappa shape index (κ3) is 2.93. The number of halogens is 6. The smallest absolute Gasteiger partial charge is 0.346 e.